The zero-order valence-corrected chi connectivity index (χ0v) is 11.7. The molecule has 1 aromatic heterocycles. The van der Waals surface area contributed by atoms with Crippen LogP contribution in [-0.4, -0.2) is 35.8 Å². The standard InChI is InChI=1S/C11H12BrNO3S/c1-16-11(15)13-4-2-9-7(3-5-17-9)10(13)8(14)6-12/h3,5,10H,2,4,6H2,1H3. The smallest absolute Gasteiger partial charge is 0.410 e. The summed E-state index contributed by atoms with van der Waals surface area (Å²) in [6.07, 6.45) is 0.342. The molecule has 1 aliphatic rings. The van der Waals surface area contributed by atoms with Gasteiger partial charge in [0.05, 0.1) is 12.4 Å². The third-order valence-electron chi connectivity index (χ3n) is 2.81. The molecule has 1 amide bonds. The van der Waals surface area contributed by atoms with E-state index in [1.54, 1.807) is 11.3 Å². The highest BCUT2D eigenvalue weighted by atomic mass is 79.9. The van der Waals surface area contributed by atoms with Gasteiger partial charge in [-0.25, -0.2) is 4.79 Å². The average molecular weight is 318 g/mol. The number of Topliss-reactive ketones (excluding diaryl/α,β-unsaturated/α-hetero) is 1. The van der Waals surface area contributed by atoms with Gasteiger partial charge in [0, 0.05) is 11.4 Å². The number of nitrogens with zero attached hydrogens (tertiary/aromatic N) is 1. The second-order valence-electron chi connectivity index (χ2n) is 3.72. The zero-order valence-electron chi connectivity index (χ0n) is 9.31. The Balaban J connectivity index is 2.37. The Morgan fingerprint density at radius 2 is 2.41 bits per heavy atom. The van der Waals surface area contributed by atoms with E-state index < -0.39 is 12.1 Å². The largest absolute Gasteiger partial charge is 0.453 e. The lowest BCUT2D eigenvalue weighted by Gasteiger charge is -2.33. The fourth-order valence-electron chi connectivity index (χ4n) is 2.05. The number of carbonyl (C=O) groups is 2. The maximum Gasteiger partial charge on any atom is 0.410 e. The van der Waals surface area contributed by atoms with Gasteiger partial charge in [-0.2, -0.15) is 0 Å². The normalized spacial score (nSPS) is 18.7. The molecule has 1 unspecified atom stereocenters. The molecule has 0 aromatic carbocycles. The minimum absolute atomic E-state index is 0.0187. The van der Waals surface area contributed by atoms with Gasteiger partial charge in [0.15, 0.2) is 5.78 Å². The molecule has 6 heteroatoms. The minimum atomic E-state index is -0.503. The molecule has 0 saturated carbocycles. The number of methoxy groups -OCH3 is 1. The highest BCUT2D eigenvalue weighted by Crippen LogP contribution is 2.34. The van der Waals surface area contributed by atoms with E-state index in [4.69, 9.17) is 4.74 Å². The first-order valence-corrected chi connectivity index (χ1v) is 7.18. The van der Waals surface area contributed by atoms with Crippen LogP contribution in [0.3, 0.4) is 0 Å². The Bertz CT molecular complexity index is 446. The number of hydrogen-bond acceptors (Lipinski definition) is 4. The molecule has 0 saturated heterocycles. The second kappa shape index (κ2) is 5.18. The fraction of sp³-hybridized carbons (Fsp3) is 0.455. The van der Waals surface area contributed by atoms with E-state index in [1.165, 1.54) is 16.9 Å². The average Bonchev–Trinajstić information content (AvgIpc) is 2.83. The van der Waals surface area contributed by atoms with Crippen LogP contribution in [0.2, 0.25) is 0 Å². The van der Waals surface area contributed by atoms with E-state index in [9.17, 15) is 9.59 Å². The molecular weight excluding hydrogens is 306 g/mol. The van der Waals surface area contributed by atoms with Gasteiger partial charge in [0.25, 0.3) is 0 Å². The lowest BCUT2D eigenvalue weighted by Crippen LogP contribution is -2.43. The maximum absolute atomic E-state index is 12.0. The molecule has 92 valence electrons. The summed E-state index contributed by atoms with van der Waals surface area (Å²) in [5.41, 5.74) is 0.941. The Morgan fingerprint density at radius 3 is 3.06 bits per heavy atom. The van der Waals surface area contributed by atoms with Crippen LogP contribution in [0.1, 0.15) is 16.5 Å². The molecule has 1 aliphatic heterocycles. The lowest BCUT2D eigenvalue weighted by molar-refractivity contribution is -0.121. The van der Waals surface area contributed by atoms with Gasteiger partial charge in [-0.05, 0) is 23.4 Å². The molecule has 2 heterocycles. The molecule has 1 atom stereocenters. The number of ketones is 1. The van der Waals surface area contributed by atoms with E-state index in [-0.39, 0.29) is 11.1 Å². The molecule has 0 radical (unpaired) electrons. The summed E-state index contributed by atoms with van der Waals surface area (Å²) in [5, 5.41) is 2.19. The number of carbonyl (C=O) groups excluding carboxylic acids is 2. The summed E-state index contributed by atoms with van der Waals surface area (Å²) in [5.74, 6) is -0.0187. The van der Waals surface area contributed by atoms with Crippen LogP contribution in [0.25, 0.3) is 0 Å². The highest BCUT2D eigenvalue weighted by molar-refractivity contribution is 9.09. The molecule has 0 aliphatic carbocycles. The summed E-state index contributed by atoms with van der Waals surface area (Å²) >= 11 is 4.80. The van der Waals surface area contributed by atoms with Crippen molar-refractivity contribution in [3.05, 3.63) is 21.9 Å². The molecule has 0 fully saturated rings. The van der Waals surface area contributed by atoms with Crippen molar-refractivity contribution in [1.29, 1.82) is 0 Å². The Morgan fingerprint density at radius 1 is 1.65 bits per heavy atom. The zero-order chi connectivity index (χ0) is 12.4. The topological polar surface area (TPSA) is 46.6 Å². The summed E-state index contributed by atoms with van der Waals surface area (Å²) in [6.45, 7) is 0.531. The summed E-state index contributed by atoms with van der Waals surface area (Å²) < 4.78 is 4.73. The monoisotopic (exact) mass is 317 g/mol. The lowest BCUT2D eigenvalue weighted by atomic mass is 9.97. The SMILES string of the molecule is COC(=O)N1CCc2sccc2C1C(=O)CBr. The highest BCUT2D eigenvalue weighted by Gasteiger charge is 2.36. The van der Waals surface area contributed by atoms with Crippen molar-refractivity contribution in [3.63, 3.8) is 0 Å². The number of hydrogen-bond donors (Lipinski definition) is 0. The summed E-state index contributed by atoms with van der Waals surface area (Å²) in [7, 11) is 1.33. The van der Waals surface area contributed by atoms with Crippen LogP contribution in [-0.2, 0) is 16.0 Å². The van der Waals surface area contributed by atoms with Gasteiger partial charge in [-0.1, -0.05) is 15.9 Å². The summed E-state index contributed by atoms with van der Waals surface area (Å²) in [6, 6.07) is 1.41. The maximum atomic E-state index is 12.0. The Kier molecular flexibility index (Phi) is 3.83. The number of ether oxygens (including phenoxy) is 1. The van der Waals surface area contributed by atoms with Crippen molar-refractivity contribution in [2.75, 3.05) is 19.0 Å². The number of thiophene rings is 1. The van der Waals surface area contributed by atoms with Crippen LogP contribution in [0.4, 0.5) is 4.79 Å². The van der Waals surface area contributed by atoms with Crippen LogP contribution in [0.15, 0.2) is 11.4 Å². The van der Waals surface area contributed by atoms with Gasteiger partial charge in [0.2, 0.25) is 0 Å². The third-order valence-corrected chi connectivity index (χ3v) is 4.36. The molecule has 0 N–H and O–H groups in total. The van der Waals surface area contributed by atoms with Crippen LogP contribution < -0.4 is 0 Å². The van der Waals surface area contributed by atoms with Crippen molar-refractivity contribution in [1.82, 2.24) is 4.90 Å². The predicted molar refractivity (Wildman–Crippen MR) is 68.7 cm³/mol. The first kappa shape index (κ1) is 12.6. The van der Waals surface area contributed by atoms with Crippen LogP contribution in [0.5, 0.6) is 0 Å². The minimum Gasteiger partial charge on any atom is -0.453 e. The van der Waals surface area contributed by atoms with E-state index in [0.29, 0.717) is 6.54 Å². The fourth-order valence-corrected chi connectivity index (χ4v) is 3.26. The van der Waals surface area contributed by atoms with Crippen molar-refractivity contribution in [2.24, 2.45) is 0 Å². The van der Waals surface area contributed by atoms with E-state index in [2.05, 4.69) is 15.9 Å². The molecule has 0 bridgehead atoms. The van der Waals surface area contributed by atoms with Crippen molar-refractivity contribution < 1.29 is 14.3 Å². The van der Waals surface area contributed by atoms with E-state index >= 15 is 0 Å². The predicted octanol–water partition coefficient (Wildman–Crippen LogP) is 2.38. The Hall–Kier alpha value is -0.880. The van der Waals surface area contributed by atoms with E-state index in [0.717, 1.165) is 12.0 Å². The van der Waals surface area contributed by atoms with Gasteiger partial charge in [-0.3, -0.25) is 9.69 Å². The van der Waals surface area contributed by atoms with Crippen LogP contribution in [0, 0.1) is 0 Å². The van der Waals surface area contributed by atoms with Crippen molar-refractivity contribution in [3.8, 4) is 0 Å². The van der Waals surface area contributed by atoms with Gasteiger partial charge >= 0.3 is 6.09 Å². The number of rotatable bonds is 2. The molecule has 17 heavy (non-hydrogen) atoms. The van der Waals surface area contributed by atoms with Gasteiger partial charge in [0.1, 0.15) is 6.04 Å². The van der Waals surface area contributed by atoms with Crippen LogP contribution >= 0.6 is 27.3 Å². The van der Waals surface area contributed by atoms with Gasteiger partial charge < -0.3 is 4.74 Å². The number of alkyl halides is 1. The Labute approximate surface area is 112 Å². The molecule has 4 nitrogen and oxygen atoms in total. The quantitative estimate of drug-likeness (QED) is 0.787. The molecule has 2 rings (SSSR count). The van der Waals surface area contributed by atoms with E-state index in [1.807, 2.05) is 11.4 Å². The molecular formula is C11H12BrNO3S. The second-order valence-corrected chi connectivity index (χ2v) is 5.28. The number of halogens is 1. The molecule has 1 aromatic rings. The van der Waals surface area contributed by atoms with Crippen molar-refractivity contribution >= 4 is 39.1 Å². The first-order valence-electron chi connectivity index (χ1n) is 5.18. The summed E-state index contributed by atoms with van der Waals surface area (Å²) in [4.78, 5) is 26.3. The number of amides is 1. The van der Waals surface area contributed by atoms with Crippen molar-refractivity contribution in [2.45, 2.75) is 12.5 Å². The number of fused-ring (bicyclic) bond motifs is 1. The first-order chi connectivity index (χ1) is 8.19. The van der Waals surface area contributed by atoms with Gasteiger partial charge in [-0.15, -0.1) is 11.3 Å². The third kappa shape index (κ3) is 2.24. The molecule has 0 spiro atoms.